The second-order valence-electron chi connectivity index (χ2n) is 4.52. The first kappa shape index (κ1) is 14.6. The minimum atomic E-state index is -3.60. The zero-order valence-corrected chi connectivity index (χ0v) is 12.0. The van der Waals surface area contributed by atoms with E-state index in [4.69, 9.17) is 5.73 Å². The maximum Gasteiger partial charge on any atom is 0.258 e. The van der Waals surface area contributed by atoms with Gasteiger partial charge in [-0.1, -0.05) is 35.9 Å². The van der Waals surface area contributed by atoms with Gasteiger partial charge in [-0.2, -0.15) is 0 Å². The number of sulfonamides is 1. The Balaban J connectivity index is 2.08. The van der Waals surface area contributed by atoms with Gasteiger partial charge in [0.1, 0.15) is 0 Å². The molecule has 0 fully saturated rings. The molecule has 1 heterocycles. The molecule has 0 saturated heterocycles. The van der Waals surface area contributed by atoms with Crippen LogP contribution >= 0.6 is 0 Å². The molecule has 2 aromatic rings. The molecule has 1 aromatic carbocycles. The Morgan fingerprint density at radius 1 is 1.10 bits per heavy atom. The van der Waals surface area contributed by atoms with Crippen LogP contribution in [-0.4, -0.2) is 13.4 Å². The van der Waals surface area contributed by atoms with Crippen LogP contribution in [0.15, 0.2) is 47.6 Å². The van der Waals surface area contributed by atoms with Crippen LogP contribution in [0.5, 0.6) is 0 Å². The molecule has 0 aliphatic carbocycles. The standard InChI is InChI=1S/C14H17N3O2S/c1-11-2-4-12(5-3-11)10-17-20(18,19)14-7-6-13(8-15)9-16-14/h2-7,9,17H,8,10,15H2,1H3. The Bertz CT molecular complexity index is 665. The van der Waals surface area contributed by atoms with Gasteiger partial charge in [-0.05, 0) is 24.1 Å². The highest BCUT2D eigenvalue weighted by Crippen LogP contribution is 2.08. The quantitative estimate of drug-likeness (QED) is 0.870. The van der Waals surface area contributed by atoms with E-state index in [1.165, 1.54) is 12.3 Å². The largest absolute Gasteiger partial charge is 0.326 e. The lowest BCUT2D eigenvalue weighted by molar-refractivity contribution is 0.577. The fourth-order valence-corrected chi connectivity index (χ4v) is 2.59. The SMILES string of the molecule is Cc1ccc(CNS(=O)(=O)c2ccc(CN)cn2)cc1. The molecule has 0 spiro atoms. The van der Waals surface area contributed by atoms with Crippen molar-refractivity contribution < 1.29 is 8.42 Å². The molecule has 0 radical (unpaired) electrons. The van der Waals surface area contributed by atoms with Gasteiger partial charge in [0.2, 0.25) is 0 Å². The Morgan fingerprint density at radius 3 is 2.30 bits per heavy atom. The third-order valence-corrected chi connectivity index (χ3v) is 4.21. The van der Waals surface area contributed by atoms with E-state index < -0.39 is 10.0 Å². The number of hydrogen-bond acceptors (Lipinski definition) is 4. The molecule has 5 nitrogen and oxygen atoms in total. The van der Waals surface area contributed by atoms with Crippen molar-refractivity contribution >= 4 is 10.0 Å². The second-order valence-corrected chi connectivity index (χ2v) is 6.23. The van der Waals surface area contributed by atoms with E-state index in [1.807, 2.05) is 31.2 Å². The molecule has 0 amide bonds. The smallest absolute Gasteiger partial charge is 0.258 e. The van der Waals surface area contributed by atoms with Crippen LogP contribution in [0.4, 0.5) is 0 Å². The molecular weight excluding hydrogens is 274 g/mol. The van der Waals surface area contributed by atoms with Gasteiger partial charge in [-0.25, -0.2) is 18.1 Å². The number of hydrogen-bond donors (Lipinski definition) is 2. The Hall–Kier alpha value is -1.76. The number of nitrogens with two attached hydrogens (primary N) is 1. The van der Waals surface area contributed by atoms with E-state index >= 15 is 0 Å². The summed E-state index contributed by atoms with van der Waals surface area (Å²) in [6.07, 6.45) is 1.47. The lowest BCUT2D eigenvalue weighted by atomic mass is 10.2. The fourth-order valence-electron chi connectivity index (χ4n) is 1.65. The van der Waals surface area contributed by atoms with Gasteiger partial charge in [0, 0.05) is 19.3 Å². The predicted molar refractivity (Wildman–Crippen MR) is 77.3 cm³/mol. The molecule has 0 saturated carbocycles. The van der Waals surface area contributed by atoms with Crippen LogP contribution in [0.3, 0.4) is 0 Å². The van der Waals surface area contributed by atoms with Gasteiger partial charge in [-0.3, -0.25) is 0 Å². The number of rotatable bonds is 5. The average Bonchev–Trinajstić information content (AvgIpc) is 2.47. The zero-order valence-electron chi connectivity index (χ0n) is 11.2. The van der Waals surface area contributed by atoms with Gasteiger partial charge in [0.15, 0.2) is 5.03 Å². The van der Waals surface area contributed by atoms with E-state index in [1.54, 1.807) is 6.07 Å². The fraction of sp³-hybridized carbons (Fsp3) is 0.214. The van der Waals surface area contributed by atoms with Gasteiger partial charge in [0.05, 0.1) is 0 Å². The summed E-state index contributed by atoms with van der Waals surface area (Å²) in [6.45, 7) is 2.56. The second kappa shape index (κ2) is 6.13. The summed E-state index contributed by atoms with van der Waals surface area (Å²) >= 11 is 0. The molecule has 0 bridgehead atoms. The Labute approximate surface area is 118 Å². The van der Waals surface area contributed by atoms with E-state index in [0.29, 0.717) is 6.54 Å². The molecule has 3 N–H and O–H groups in total. The van der Waals surface area contributed by atoms with Gasteiger partial charge >= 0.3 is 0 Å². The van der Waals surface area contributed by atoms with Crippen molar-refractivity contribution in [3.63, 3.8) is 0 Å². The topological polar surface area (TPSA) is 85.1 Å². The number of nitrogens with zero attached hydrogens (tertiary/aromatic N) is 1. The molecule has 1 aromatic heterocycles. The minimum Gasteiger partial charge on any atom is -0.326 e. The summed E-state index contributed by atoms with van der Waals surface area (Å²) in [7, 11) is -3.60. The van der Waals surface area contributed by atoms with E-state index in [0.717, 1.165) is 16.7 Å². The molecule has 20 heavy (non-hydrogen) atoms. The Kier molecular flexibility index (Phi) is 4.49. The van der Waals surface area contributed by atoms with Crippen LogP contribution in [0.1, 0.15) is 16.7 Å². The molecule has 0 aliphatic heterocycles. The van der Waals surface area contributed by atoms with Gasteiger partial charge in [0.25, 0.3) is 10.0 Å². The minimum absolute atomic E-state index is 0.00168. The summed E-state index contributed by atoms with van der Waals surface area (Å²) in [6, 6.07) is 10.8. The van der Waals surface area contributed by atoms with Gasteiger partial charge < -0.3 is 5.73 Å². The summed E-state index contributed by atoms with van der Waals surface area (Å²) in [5, 5.41) is 0.00168. The van der Waals surface area contributed by atoms with Crippen molar-refractivity contribution in [2.24, 2.45) is 5.73 Å². The summed E-state index contributed by atoms with van der Waals surface area (Å²) < 4.78 is 26.7. The molecule has 0 aliphatic rings. The van der Waals surface area contributed by atoms with Crippen LogP contribution < -0.4 is 10.5 Å². The van der Waals surface area contributed by atoms with E-state index in [-0.39, 0.29) is 11.6 Å². The van der Waals surface area contributed by atoms with Crippen LogP contribution in [-0.2, 0) is 23.1 Å². The first-order valence-corrected chi connectivity index (χ1v) is 7.70. The molecule has 2 rings (SSSR count). The van der Waals surface area contributed by atoms with Crippen molar-refractivity contribution in [3.8, 4) is 0 Å². The van der Waals surface area contributed by atoms with Gasteiger partial charge in [-0.15, -0.1) is 0 Å². The first-order chi connectivity index (χ1) is 9.51. The highest BCUT2D eigenvalue weighted by molar-refractivity contribution is 7.89. The number of aryl methyl sites for hydroxylation is 1. The van der Waals surface area contributed by atoms with Crippen LogP contribution in [0, 0.1) is 6.92 Å². The number of aromatic nitrogens is 1. The van der Waals surface area contributed by atoms with E-state index in [2.05, 4.69) is 9.71 Å². The van der Waals surface area contributed by atoms with Crippen molar-refractivity contribution in [3.05, 3.63) is 59.3 Å². The number of benzene rings is 1. The maximum absolute atomic E-state index is 12.1. The third-order valence-electron chi connectivity index (χ3n) is 2.90. The van der Waals surface area contributed by atoms with Crippen molar-refractivity contribution in [2.45, 2.75) is 25.0 Å². The summed E-state index contributed by atoms with van der Waals surface area (Å²) in [4.78, 5) is 3.92. The third kappa shape index (κ3) is 3.63. The highest BCUT2D eigenvalue weighted by Gasteiger charge is 2.14. The molecule has 6 heteroatoms. The van der Waals surface area contributed by atoms with Crippen molar-refractivity contribution in [1.29, 1.82) is 0 Å². The monoisotopic (exact) mass is 291 g/mol. The number of pyridine rings is 1. The normalized spacial score (nSPS) is 11.5. The maximum atomic E-state index is 12.1. The van der Waals surface area contributed by atoms with Crippen LogP contribution in [0.25, 0.3) is 0 Å². The van der Waals surface area contributed by atoms with E-state index in [9.17, 15) is 8.42 Å². The zero-order chi connectivity index (χ0) is 14.6. The number of nitrogens with one attached hydrogen (secondary N) is 1. The lowest BCUT2D eigenvalue weighted by Gasteiger charge is -2.07. The van der Waals surface area contributed by atoms with Crippen molar-refractivity contribution in [2.75, 3.05) is 0 Å². The lowest BCUT2D eigenvalue weighted by Crippen LogP contribution is -2.24. The Morgan fingerprint density at radius 2 is 1.75 bits per heavy atom. The molecule has 0 atom stereocenters. The summed E-state index contributed by atoms with van der Waals surface area (Å²) in [5.74, 6) is 0. The summed E-state index contributed by atoms with van der Waals surface area (Å²) in [5.41, 5.74) is 8.28. The molecule has 106 valence electrons. The average molecular weight is 291 g/mol. The van der Waals surface area contributed by atoms with Crippen molar-refractivity contribution in [1.82, 2.24) is 9.71 Å². The molecular formula is C14H17N3O2S. The van der Waals surface area contributed by atoms with Crippen LogP contribution in [0.2, 0.25) is 0 Å². The highest BCUT2D eigenvalue weighted by atomic mass is 32.2. The molecule has 0 unspecified atom stereocenters. The predicted octanol–water partition coefficient (Wildman–Crippen LogP) is 1.33. The first-order valence-electron chi connectivity index (χ1n) is 6.21.